The zero-order valence-electron chi connectivity index (χ0n) is 28.3. The molecule has 0 N–H and O–H groups in total. The summed E-state index contributed by atoms with van der Waals surface area (Å²) < 4.78 is 0. The zero-order valence-corrected chi connectivity index (χ0v) is 28.3. The monoisotopic (exact) mass is 563 g/mol. The Morgan fingerprint density at radius 3 is 1.43 bits per heavy atom. The molecule has 0 aromatic heterocycles. The third kappa shape index (κ3) is 11.1. The first-order chi connectivity index (χ1) is 19.2. The number of hydrogen-bond acceptors (Lipinski definition) is 6. The van der Waals surface area contributed by atoms with Crippen molar-refractivity contribution in [3.05, 3.63) is 0 Å². The normalized spacial score (nSPS) is 26.6. The Balaban J connectivity index is 0.000000222. The van der Waals surface area contributed by atoms with Crippen molar-refractivity contribution >= 4 is 0 Å². The van der Waals surface area contributed by atoms with Crippen molar-refractivity contribution in [3.63, 3.8) is 0 Å². The second kappa shape index (κ2) is 17.8. The summed E-state index contributed by atoms with van der Waals surface area (Å²) in [7, 11) is 0. The molecule has 6 heteroatoms. The van der Waals surface area contributed by atoms with Crippen LogP contribution in [0.5, 0.6) is 0 Å². The summed E-state index contributed by atoms with van der Waals surface area (Å²) in [5.74, 6) is 1.88. The molecular weight excluding hydrogens is 492 g/mol. The van der Waals surface area contributed by atoms with Crippen LogP contribution in [0, 0.1) is 11.8 Å². The highest BCUT2D eigenvalue weighted by Crippen LogP contribution is 2.23. The molecule has 4 aliphatic heterocycles. The number of likely N-dealkylation sites (tertiary alicyclic amines) is 2. The second-order valence-corrected chi connectivity index (χ2v) is 14.4. The summed E-state index contributed by atoms with van der Waals surface area (Å²) in [5, 5.41) is 0. The van der Waals surface area contributed by atoms with Crippen LogP contribution in [0.1, 0.15) is 93.9 Å². The number of nitrogens with zero attached hydrogens (tertiary/aromatic N) is 6. The molecule has 0 bridgehead atoms. The van der Waals surface area contributed by atoms with Crippen molar-refractivity contribution in [2.75, 3.05) is 91.6 Å². The molecule has 4 rings (SSSR count). The fourth-order valence-electron chi connectivity index (χ4n) is 7.57. The maximum absolute atomic E-state index is 2.81. The van der Waals surface area contributed by atoms with Gasteiger partial charge in [0.25, 0.3) is 0 Å². The molecular formula is C34H70N6. The first kappa shape index (κ1) is 34.3. The van der Waals surface area contributed by atoms with Crippen molar-refractivity contribution < 1.29 is 0 Å². The van der Waals surface area contributed by atoms with Crippen LogP contribution in [0.3, 0.4) is 0 Å². The standard InChI is InChI=1S/C18H37N3.C16H33N3/c1-5-9-19-12-13-21(18(6-2)15-19)14-17-7-10-20(11-8-17)16(3)4;1-14(2)18-7-5-16(6-8-18)13-17-9-11-19(12-10-17)15(3)4/h16-18H,5-15H2,1-4H3;14-16H,5-13H2,1-4H3. The van der Waals surface area contributed by atoms with Crippen molar-refractivity contribution in [2.45, 2.75) is 118 Å². The van der Waals surface area contributed by atoms with E-state index in [1.54, 1.807) is 0 Å². The van der Waals surface area contributed by atoms with Crippen molar-refractivity contribution in [3.8, 4) is 0 Å². The van der Waals surface area contributed by atoms with E-state index >= 15 is 0 Å². The summed E-state index contributed by atoms with van der Waals surface area (Å²) in [6.07, 6.45) is 8.23. The Bertz CT molecular complexity index is 619. The van der Waals surface area contributed by atoms with Gasteiger partial charge in [0, 0.05) is 83.1 Å². The van der Waals surface area contributed by atoms with E-state index in [1.165, 1.54) is 130 Å². The van der Waals surface area contributed by atoms with E-state index in [1.807, 2.05) is 0 Å². The second-order valence-electron chi connectivity index (χ2n) is 14.4. The van der Waals surface area contributed by atoms with Gasteiger partial charge in [0.05, 0.1) is 0 Å². The maximum atomic E-state index is 2.81. The van der Waals surface area contributed by atoms with Crippen molar-refractivity contribution in [2.24, 2.45) is 11.8 Å². The van der Waals surface area contributed by atoms with Gasteiger partial charge in [-0.15, -0.1) is 0 Å². The summed E-state index contributed by atoms with van der Waals surface area (Å²) in [4.78, 5) is 16.1. The Morgan fingerprint density at radius 1 is 0.525 bits per heavy atom. The number of piperidine rings is 2. The molecule has 4 saturated heterocycles. The quantitative estimate of drug-likeness (QED) is 0.369. The van der Waals surface area contributed by atoms with E-state index < -0.39 is 0 Å². The number of hydrogen-bond donors (Lipinski definition) is 0. The zero-order chi connectivity index (χ0) is 29.1. The molecule has 0 aromatic rings. The van der Waals surface area contributed by atoms with Crippen LogP contribution >= 0.6 is 0 Å². The third-order valence-electron chi connectivity index (χ3n) is 10.6. The number of piperazine rings is 2. The molecule has 0 spiro atoms. The molecule has 0 saturated carbocycles. The minimum atomic E-state index is 0.719. The van der Waals surface area contributed by atoms with E-state index in [0.717, 1.165) is 36.0 Å². The van der Waals surface area contributed by atoms with Gasteiger partial charge in [-0.25, -0.2) is 0 Å². The SMILES string of the molecule is CC(C)N1CCC(CN2CCN(C(C)C)CC2)CC1.CCCN1CCN(CC2CCN(C(C)C)CC2)C(CC)C1. The Hall–Kier alpha value is -0.240. The Morgan fingerprint density at radius 2 is 0.975 bits per heavy atom. The molecule has 0 aliphatic carbocycles. The van der Waals surface area contributed by atoms with Gasteiger partial charge in [0.2, 0.25) is 0 Å². The average Bonchev–Trinajstić information content (AvgIpc) is 2.95. The van der Waals surface area contributed by atoms with Crippen LogP contribution in [0.2, 0.25) is 0 Å². The molecule has 6 nitrogen and oxygen atoms in total. The van der Waals surface area contributed by atoms with E-state index in [4.69, 9.17) is 0 Å². The molecule has 4 fully saturated rings. The van der Waals surface area contributed by atoms with Gasteiger partial charge in [0.15, 0.2) is 0 Å². The van der Waals surface area contributed by atoms with Crippen LogP contribution < -0.4 is 0 Å². The van der Waals surface area contributed by atoms with Crippen molar-refractivity contribution in [1.82, 2.24) is 29.4 Å². The molecule has 236 valence electrons. The fourth-order valence-corrected chi connectivity index (χ4v) is 7.57. The van der Waals surface area contributed by atoms with Gasteiger partial charge in [-0.2, -0.15) is 0 Å². The van der Waals surface area contributed by atoms with Gasteiger partial charge in [-0.05, 0) is 125 Å². The molecule has 4 heterocycles. The minimum Gasteiger partial charge on any atom is -0.301 e. The lowest BCUT2D eigenvalue weighted by Crippen LogP contribution is -2.54. The molecule has 40 heavy (non-hydrogen) atoms. The van der Waals surface area contributed by atoms with Gasteiger partial charge in [-0.3, -0.25) is 9.80 Å². The predicted octanol–water partition coefficient (Wildman–Crippen LogP) is 5.05. The van der Waals surface area contributed by atoms with E-state index in [-0.39, 0.29) is 0 Å². The summed E-state index contributed by atoms with van der Waals surface area (Å²) in [6.45, 7) is 36.8. The lowest BCUT2D eigenvalue weighted by Gasteiger charge is -2.44. The van der Waals surface area contributed by atoms with Crippen LogP contribution in [0.4, 0.5) is 0 Å². The smallest absolute Gasteiger partial charge is 0.0221 e. The molecule has 0 amide bonds. The number of rotatable bonds is 10. The molecule has 0 radical (unpaired) electrons. The molecule has 1 unspecified atom stereocenters. The van der Waals surface area contributed by atoms with Gasteiger partial charge in [-0.1, -0.05) is 13.8 Å². The summed E-state index contributed by atoms with van der Waals surface area (Å²) in [6, 6.07) is 2.98. The van der Waals surface area contributed by atoms with Crippen LogP contribution in [-0.4, -0.2) is 145 Å². The molecule has 1 atom stereocenters. The lowest BCUT2D eigenvalue weighted by atomic mass is 9.94. The van der Waals surface area contributed by atoms with E-state index in [2.05, 4.69) is 84.8 Å². The Kier molecular flexibility index (Phi) is 15.2. The van der Waals surface area contributed by atoms with Gasteiger partial charge >= 0.3 is 0 Å². The lowest BCUT2D eigenvalue weighted by molar-refractivity contribution is 0.0445. The van der Waals surface area contributed by atoms with Crippen molar-refractivity contribution in [1.29, 1.82) is 0 Å². The first-order valence-electron chi connectivity index (χ1n) is 17.6. The van der Waals surface area contributed by atoms with Gasteiger partial charge in [0.1, 0.15) is 0 Å². The minimum absolute atomic E-state index is 0.719. The van der Waals surface area contributed by atoms with E-state index in [9.17, 15) is 0 Å². The highest BCUT2D eigenvalue weighted by molar-refractivity contribution is 4.85. The third-order valence-corrected chi connectivity index (χ3v) is 10.6. The van der Waals surface area contributed by atoms with Crippen LogP contribution in [-0.2, 0) is 0 Å². The largest absolute Gasteiger partial charge is 0.301 e. The maximum Gasteiger partial charge on any atom is 0.0221 e. The fraction of sp³-hybridized carbons (Fsp3) is 1.00. The first-order valence-corrected chi connectivity index (χ1v) is 17.6. The van der Waals surface area contributed by atoms with Crippen LogP contribution in [0.25, 0.3) is 0 Å². The summed E-state index contributed by atoms with van der Waals surface area (Å²) >= 11 is 0. The highest BCUT2D eigenvalue weighted by Gasteiger charge is 2.29. The van der Waals surface area contributed by atoms with Gasteiger partial charge < -0.3 is 19.6 Å². The molecule has 0 aromatic carbocycles. The topological polar surface area (TPSA) is 19.4 Å². The van der Waals surface area contributed by atoms with Crippen LogP contribution in [0.15, 0.2) is 0 Å². The Labute approximate surface area is 250 Å². The average molecular weight is 563 g/mol. The van der Waals surface area contributed by atoms with E-state index in [0.29, 0.717) is 0 Å². The predicted molar refractivity (Wildman–Crippen MR) is 174 cm³/mol. The molecule has 4 aliphatic rings. The summed E-state index contributed by atoms with van der Waals surface area (Å²) in [5.41, 5.74) is 0. The highest BCUT2D eigenvalue weighted by atomic mass is 15.3.